The van der Waals surface area contributed by atoms with Crippen molar-refractivity contribution in [3.8, 4) is 0 Å². The maximum atomic E-state index is 13.9. The molecule has 0 aromatic heterocycles. The Morgan fingerprint density at radius 2 is 1.90 bits per heavy atom. The quantitative estimate of drug-likeness (QED) is 0.834. The summed E-state index contributed by atoms with van der Waals surface area (Å²) in [5, 5.41) is 15.1. The molecule has 1 aliphatic heterocycles. The maximum absolute atomic E-state index is 13.9. The van der Waals surface area contributed by atoms with Gasteiger partial charge in [-0.1, -0.05) is 50.6 Å². The van der Waals surface area contributed by atoms with E-state index in [-0.39, 0.29) is 23.3 Å². The number of carbonyl (C=O) groups is 1. The van der Waals surface area contributed by atoms with Crippen LogP contribution in [0.3, 0.4) is 0 Å². The summed E-state index contributed by atoms with van der Waals surface area (Å²) in [7, 11) is 0. The number of carboxylic acid groups (broad SMARTS) is 1. The van der Waals surface area contributed by atoms with Gasteiger partial charge in [-0.3, -0.25) is 0 Å². The highest BCUT2D eigenvalue weighted by atomic mass is 19.1. The maximum Gasteiger partial charge on any atom is 0.137 e. The van der Waals surface area contributed by atoms with E-state index in [0.717, 1.165) is 16.8 Å². The molecule has 29 heavy (non-hydrogen) atoms. The van der Waals surface area contributed by atoms with Gasteiger partial charge in [0.2, 0.25) is 0 Å². The predicted octanol–water partition coefficient (Wildman–Crippen LogP) is 4.36. The number of benzene rings is 2. The summed E-state index contributed by atoms with van der Waals surface area (Å²) in [4.78, 5) is 13.0. The zero-order valence-electron chi connectivity index (χ0n) is 17.7. The highest BCUT2D eigenvalue weighted by molar-refractivity contribution is 5.63. The molecule has 0 aliphatic carbocycles. The Morgan fingerprint density at radius 1 is 1.21 bits per heavy atom. The molecular weight excluding hydrogens is 367 g/mol. The fourth-order valence-electron chi connectivity index (χ4n) is 4.13. The Kier molecular flexibility index (Phi) is 6.15. The molecule has 1 saturated heterocycles. The zero-order chi connectivity index (χ0) is 21.2. The van der Waals surface area contributed by atoms with Gasteiger partial charge < -0.3 is 20.1 Å². The fourth-order valence-corrected chi connectivity index (χ4v) is 4.13. The summed E-state index contributed by atoms with van der Waals surface area (Å²) in [6.07, 6.45) is 0.923. The molecule has 2 aromatic rings. The van der Waals surface area contributed by atoms with Crippen LogP contribution in [0.25, 0.3) is 0 Å². The first-order valence-electron chi connectivity index (χ1n) is 10.2. The van der Waals surface area contributed by atoms with Gasteiger partial charge >= 0.3 is 0 Å². The second-order valence-electron chi connectivity index (χ2n) is 9.17. The van der Waals surface area contributed by atoms with Crippen LogP contribution in [0.15, 0.2) is 42.5 Å². The van der Waals surface area contributed by atoms with Crippen molar-refractivity contribution in [3.63, 3.8) is 0 Å². The molecule has 5 heteroatoms. The number of hydrogen-bond acceptors (Lipinski definition) is 3. The highest BCUT2D eigenvalue weighted by Gasteiger charge is 2.36. The van der Waals surface area contributed by atoms with Crippen LogP contribution in [0.4, 0.5) is 14.9 Å². The number of piperidine rings is 1. The van der Waals surface area contributed by atoms with E-state index in [1.165, 1.54) is 16.5 Å². The fraction of sp³-hybridized carbons (Fsp3) is 0.458. The Labute approximate surface area is 172 Å². The molecule has 0 radical (unpaired) electrons. The van der Waals surface area contributed by atoms with Crippen LogP contribution in [0, 0.1) is 18.2 Å². The lowest BCUT2D eigenvalue weighted by atomic mass is 9.79. The number of aryl methyl sites for hydroxylation is 1. The number of halogens is 1. The molecule has 1 N–H and O–H groups in total. The molecule has 4 nitrogen and oxygen atoms in total. The third-order valence-electron chi connectivity index (χ3n) is 5.78. The molecule has 0 saturated carbocycles. The molecule has 2 atom stereocenters. The van der Waals surface area contributed by atoms with Gasteiger partial charge in [-0.05, 0) is 60.9 Å². The van der Waals surface area contributed by atoms with E-state index >= 15 is 0 Å². The van der Waals surface area contributed by atoms with Crippen LogP contribution < -0.4 is 10.4 Å². The molecule has 2 aromatic carbocycles. The largest absolute Gasteiger partial charge is 0.530 e. The zero-order valence-corrected chi connectivity index (χ0v) is 17.7. The van der Waals surface area contributed by atoms with E-state index < -0.39 is 6.09 Å². The average molecular weight is 398 g/mol. The van der Waals surface area contributed by atoms with Crippen molar-refractivity contribution in [3.05, 3.63) is 65.0 Å². The molecule has 3 rings (SSSR count). The lowest BCUT2D eigenvalue weighted by molar-refractivity contribution is -0.271. The van der Waals surface area contributed by atoms with Crippen LogP contribution in [0.1, 0.15) is 50.3 Å². The van der Waals surface area contributed by atoms with Crippen LogP contribution in [-0.4, -0.2) is 29.6 Å². The van der Waals surface area contributed by atoms with Gasteiger partial charge in [0, 0.05) is 24.3 Å². The van der Waals surface area contributed by atoms with E-state index in [2.05, 4.69) is 50.4 Å². The van der Waals surface area contributed by atoms with Crippen molar-refractivity contribution in [2.24, 2.45) is 5.41 Å². The van der Waals surface area contributed by atoms with Gasteiger partial charge in [0.1, 0.15) is 11.9 Å². The van der Waals surface area contributed by atoms with E-state index in [4.69, 9.17) is 0 Å². The van der Waals surface area contributed by atoms with Gasteiger partial charge in [-0.15, -0.1) is 0 Å². The first-order valence-corrected chi connectivity index (χ1v) is 10.2. The first-order chi connectivity index (χ1) is 13.6. The number of amides is 1. The number of carbonyl (C=O) groups excluding carboxylic acids is 1. The molecule has 1 fully saturated rings. The Balaban J connectivity index is 1.79. The third kappa shape index (κ3) is 5.28. The summed E-state index contributed by atoms with van der Waals surface area (Å²) in [6.45, 7) is 8.64. The Hall–Kier alpha value is -2.56. The topological polar surface area (TPSA) is 55.4 Å². The van der Waals surface area contributed by atoms with Gasteiger partial charge in [0.05, 0.1) is 0 Å². The third-order valence-corrected chi connectivity index (χ3v) is 5.78. The van der Waals surface area contributed by atoms with Crippen molar-refractivity contribution in [1.82, 2.24) is 4.90 Å². The number of nitrogens with one attached hydrogen (secondary N) is 1. The lowest BCUT2D eigenvalue weighted by Gasteiger charge is -2.47. The summed E-state index contributed by atoms with van der Waals surface area (Å²) in [6, 6.07) is 13.1. The SMILES string of the molecule is Cc1ccc(Cc2cc(F)ccc2NC2CCN(C(=O)[O-])C(C(C)(C)C)C2)cc1. The smallest absolute Gasteiger partial charge is 0.137 e. The van der Waals surface area contributed by atoms with Crippen molar-refractivity contribution < 1.29 is 14.3 Å². The molecule has 156 valence electrons. The van der Waals surface area contributed by atoms with Gasteiger partial charge in [-0.25, -0.2) is 4.39 Å². The minimum Gasteiger partial charge on any atom is -0.530 e. The van der Waals surface area contributed by atoms with Gasteiger partial charge in [-0.2, -0.15) is 0 Å². The molecule has 1 aliphatic rings. The number of anilines is 1. The van der Waals surface area contributed by atoms with Crippen molar-refractivity contribution in [2.45, 2.75) is 59.0 Å². The van der Waals surface area contributed by atoms with Crippen molar-refractivity contribution in [2.75, 3.05) is 11.9 Å². The van der Waals surface area contributed by atoms with E-state index in [0.29, 0.717) is 25.8 Å². The first kappa shape index (κ1) is 21.2. The van der Waals surface area contributed by atoms with Crippen LogP contribution >= 0.6 is 0 Å². The van der Waals surface area contributed by atoms with Crippen LogP contribution in [-0.2, 0) is 6.42 Å². The van der Waals surface area contributed by atoms with Gasteiger partial charge in [0.25, 0.3) is 0 Å². The number of likely N-dealkylation sites (tertiary alicyclic amines) is 1. The highest BCUT2D eigenvalue weighted by Crippen LogP contribution is 2.33. The van der Waals surface area contributed by atoms with E-state index in [1.807, 2.05) is 6.92 Å². The van der Waals surface area contributed by atoms with Crippen LogP contribution in [0.5, 0.6) is 0 Å². The minimum atomic E-state index is -1.11. The Morgan fingerprint density at radius 3 is 2.52 bits per heavy atom. The molecule has 1 amide bonds. The molecule has 2 unspecified atom stereocenters. The van der Waals surface area contributed by atoms with E-state index in [9.17, 15) is 14.3 Å². The van der Waals surface area contributed by atoms with Crippen molar-refractivity contribution in [1.29, 1.82) is 0 Å². The molecule has 0 spiro atoms. The summed E-state index contributed by atoms with van der Waals surface area (Å²) < 4.78 is 13.9. The minimum absolute atomic E-state index is 0.122. The number of nitrogens with zero attached hydrogens (tertiary/aromatic N) is 1. The van der Waals surface area contributed by atoms with Gasteiger partial charge in [0.15, 0.2) is 0 Å². The standard InChI is InChI=1S/C24H31FN2O2/c1-16-5-7-17(8-6-16)13-18-14-19(25)9-10-21(18)26-20-11-12-27(23(28)29)22(15-20)24(2,3)4/h5-10,14,20,22,26H,11-13,15H2,1-4H3,(H,28,29)/p-1. The summed E-state index contributed by atoms with van der Waals surface area (Å²) in [5.74, 6) is -0.253. The van der Waals surface area contributed by atoms with Crippen LogP contribution in [0.2, 0.25) is 0 Å². The molecule has 1 heterocycles. The number of rotatable bonds is 4. The van der Waals surface area contributed by atoms with E-state index in [1.54, 1.807) is 12.1 Å². The normalized spacial score (nSPS) is 19.8. The molecule has 0 bridgehead atoms. The monoisotopic (exact) mass is 397 g/mol. The van der Waals surface area contributed by atoms with Crippen molar-refractivity contribution >= 4 is 11.8 Å². The second-order valence-corrected chi connectivity index (χ2v) is 9.17. The second kappa shape index (κ2) is 8.44. The lowest BCUT2D eigenvalue weighted by Crippen LogP contribution is -2.57. The average Bonchev–Trinajstić information content (AvgIpc) is 2.65. The Bertz CT molecular complexity index is 858. The number of hydrogen-bond donors (Lipinski definition) is 1. The summed E-state index contributed by atoms with van der Waals surface area (Å²) in [5.41, 5.74) is 3.95. The predicted molar refractivity (Wildman–Crippen MR) is 112 cm³/mol. The molecular formula is C24H30FN2O2-. The summed E-state index contributed by atoms with van der Waals surface area (Å²) >= 11 is 0.